The maximum absolute atomic E-state index is 12.6. The fraction of sp³-hybridized carbons (Fsp3) is 0.400. The molecule has 1 saturated heterocycles. The summed E-state index contributed by atoms with van der Waals surface area (Å²) in [4.78, 5) is 18.7. The van der Waals surface area contributed by atoms with Crippen LogP contribution in [-0.2, 0) is 4.74 Å². The molecule has 1 aromatic carbocycles. The van der Waals surface area contributed by atoms with Crippen molar-refractivity contribution < 1.29 is 9.53 Å². The number of hydrogen-bond donors (Lipinski definition) is 0. The van der Waals surface area contributed by atoms with Crippen LogP contribution < -0.4 is 0 Å². The van der Waals surface area contributed by atoms with Gasteiger partial charge in [0, 0.05) is 24.5 Å². The van der Waals surface area contributed by atoms with Crippen LogP contribution in [0.4, 0.5) is 4.79 Å². The van der Waals surface area contributed by atoms with E-state index in [0.29, 0.717) is 0 Å². The van der Waals surface area contributed by atoms with E-state index in [9.17, 15) is 4.79 Å². The number of aromatic nitrogens is 1. The minimum Gasteiger partial charge on any atom is -0.444 e. The van der Waals surface area contributed by atoms with Crippen LogP contribution in [0.25, 0.3) is 11.1 Å². The Morgan fingerprint density at radius 3 is 2.71 bits per heavy atom. The molecular formula is C20H24N2O2. The Kier molecular flexibility index (Phi) is 4.56. The number of carbonyl (C=O) groups is 1. The Morgan fingerprint density at radius 2 is 2.00 bits per heavy atom. The van der Waals surface area contributed by atoms with Crippen LogP contribution in [0.5, 0.6) is 0 Å². The lowest BCUT2D eigenvalue weighted by Gasteiger charge is -2.29. The number of nitrogens with zero attached hydrogens (tertiary/aromatic N) is 2. The van der Waals surface area contributed by atoms with Crippen LogP contribution in [-0.4, -0.2) is 28.1 Å². The van der Waals surface area contributed by atoms with E-state index in [-0.39, 0.29) is 12.1 Å². The molecular weight excluding hydrogens is 300 g/mol. The zero-order chi connectivity index (χ0) is 17.2. The fourth-order valence-electron chi connectivity index (χ4n) is 3.20. The number of hydrogen-bond acceptors (Lipinski definition) is 3. The predicted molar refractivity (Wildman–Crippen MR) is 94.6 cm³/mol. The summed E-state index contributed by atoms with van der Waals surface area (Å²) >= 11 is 0. The summed E-state index contributed by atoms with van der Waals surface area (Å²) < 4.78 is 5.59. The van der Waals surface area contributed by atoms with Gasteiger partial charge in [0.05, 0.1) is 6.04 Å². The predicted octanol–water partition coefficient (Wildman–Crippen LogP) is 4.82. The van der Waals surface area contributed by atoms with E-state index in [2.05, 4.69) is 23.2 Å². The Balaban J connectivity index is 1.92. The molecule has 24 heavy (non-hydrogen) atoms. The minimum absolute atomic E-state index is 0.0521. The maximum atomic E-state index is 12.6. The van der Waals surface area contributed by atoms with Gasteiger partial charge in [-0.25, -0.2) is 4.79 Å². The van der Waals surface area contributed by atoms with E-state index in [4.69, 9.17) is 4.74 Å². The molecule has 1 aromatic heterocycles. The molecule has 0 saturated carbocycles. The first kappa shape index (κ1) is 16.5. The van der Waals surface area contributed by atoms with E-state index in [1.807, 2.05) is 50.1 Å². The molecule has 1 aliphatic rings. The van der Waals surface area contributed by atoms with Crippen molar-refractivity contribution in [1.82, 2.24) is 9.88 Å². The zero-order valence-corrected chi connectivity index (χ0v) is 14.5. The largest absolute Gasteiger partial charge is 0.444 e. The average Bonchev–Trinajstić information content (AvgIpc) is 3.04. The number of amides is 1. The molecule has 2 heterocycles. The molecule has 1 amide bonds. The van der Waals surface area contributed by atoms with E-state index in [1.165, 1.54) is 0 Å². The number of likely N-dealkylation sites (tertiary alicyclic amines) is 1. The van der Waals surface area contributed by atoms with Crippen molar-refractivity contribution in [2.24, 2.45) is 0 Å². The van der Waals surface area contributed by atoms with Crippen molar-refractivity contribution in [2.45, 2.75) is 45.3 Å². The lowest BCUT2D eigenvalue weighted by molar-refractivity contribution is 0.0225. The van der Waals surface area contributed by atoms with Crippen LogP contribution in [0.1, 0.15) is 45.2 Å². The highest BCUT2D eigenvalue weighted by molar-refractivity contribution is 5.72. The van der Waals surface area contributed by atoms with E-state index >= 15 is 0 Å². The van der Waals surface area contributed by atoms with Crippen LogP contribution in [0.3, 0.4) is 0 Å². The van der Waals surface area contributed by atoms with E-state index in [1.54, 1.807) is 6.20 Å². The van der Waals surface area contributed by atoms with Crippen LogP contribution in [0, 0.1) is 0 Å². The van der Waals surface area contributed by atoms with Gasteiger partial charge >= 0.3 is 6.09 Å². The van der Waals surface area contributed by atoms with Crippen LogP contribution >= 0.6 is 0 Å². The van der Waals surface area contributed by atoms with Gasteiger partial charge in [-0.2, -0.15) is 0 Å². The zero-order valence-electron chi connectivity index (χ0n) is 14.5. The van der Waals surface area contributed by atoms with Gasteiger partial charge in [0.25, 0.3) is 0 Å². The first-order valence-corrected chi connectivity index (χ1v) is 8.45. The molecule has 1 fully saturated rings. The fourth-order valence-corrected chi connectivity index (χ4v) is 3.20. The molecule has 4 nitrogen and oxygen atoms in total. The summed E-state index contributed by atoms with van der Waals surface area (Å²) in [5, 5.41) is 0. The molecule has 2 aromatic rings. The van der Waals surface area contributed by atoms with Crippen molar-refractivity contribution in [3.63, 3.8) is 0 Å². The molecule has 3 rings (SSSR count). The summed E-state index contributed by atoms with van der Waals surface area (Å²) in [6.07, 6.45) is 5.35. The van der Waals surface area contributed by atoms with Gasteiger partial charge in [-0.15, -0.1) is 0 Å². The maximum Gasteiger partial charge on any atom is 0.410 e. The highest BCUT2D eigenvalue weighted by Crippen LogP contribution is 2.38. The van der Waals surface area contributed by atoms with Crippen molar-refractivity contribution in [3.8, 4) is 11.1 Å². The molecule has 0 spiro atoms. The van der Waals surface area contributed by atoms with Gasteiger partial charge in [-0.3, -0.25) is 4.98 Å². The van der Waals surface area contributed by atoms with E-state index in [0.717, 1.165) is 36.1 Å². The first-order chi connectivity index (χ1) is 11.5. The quantitative estimate of drug-likeness (QED) is 0.795. The number of ether oxygens (including phenoxy) is 1. The minimum atomic E-state index is -0.479. The molecule has 0 radical (unpaired) electrons. The van der Waals surface area contributed by atoms with Gasteiger partial charge in [0.2, 0.25) is 0 Å². The SMILES string of the molecule is CC(C)(C)OC(=O)N1CCC[C@H]1c1ccccc1-c1cccnc1. The molecule has 126 valence electrons. The van der Waals surface area contributed by atoms with E-state index < -0.39 is 5.60 Å². The Bertz CT molecular complexity index is 707. The summed E-state index contributed by atoms with van der Waals surface area (Å²) in [6.45, 7) is 6.44. The second-order valence-electron chi connectivity index (χ2n) is 7.16. The molecule has 0 N–H and O–H groups in total. The van der Waals surface area contributed by atoms with Gasteiger partial charge in [0.1, 0.15) is 5.60 Å². The third-order valence-electron chi connectivity index (χ3n) is 4.17. The lowest BCUT2D eigenvalue weighted by atomic mass is 9.94. The Hall–Kier alpha value is -2.36. The topological polar surface area (TPSA) is 42.4 Å². The van der Waals surface area contributed by atoms with Crippen LogP contribution in [0.15, 0.2) is 48.8 Å². The van der Waals surface area contributed by atoms with Gasteiger partial charge in [0.15, 0.2) is 0 Å². The summed E-state index contributed by atoms with van der Waals surface area (Å²) in [6, 6.07) is 12.3. The van der Waals surface area contributed by atoms with Gasteiger partial charge < -0.3 is 9.64 Å². The molecule has 1 atom stereocenters. The van der Waals surface area contributed by atoms with Gasteiger partial charge in [-0.1, -0.05) is 30.3 Å². The highest BCUT2D eigenvalue weighted by atomic mass is 16.6. The van der Waals surface area contributed by atoms with Crippen molar-refractivity contribution in [3.05, 3.63) is 54.4 Å². The molecule has 1 aliphatic heterocycles. The number of carbonyl (C=O) groups excluding carboxylic acids is 1. The number of rotatable bonds is 2. The summed E-state index contributed by atoms with van der Waals surface area (Å²) in [5.41, 5.74) is 2.89. The number of pyridine rings is 1. The third-order valence-corrected chi connectivity index (χ3v) is 4.17. The van der Waals surface area contributed by atoms with Crippen molar-refractivity contribution in [1.29, 1.82) is 0 Å². The second kappa shape index (κ2) is 6.63. The first-order valence-electron chi connectivity index (χ1n) is 8.45. The smallest absolute Gasteiger partial charge is 0.410 e. The highest BCUT2D eigenvalue weighted by Gasteiger charge is 2.34. The molecule has 4 heteroatoms. The monoisotopic (exact) mass is 324 g/mol. The van der Waals surface area contributed by atoms with Crippen molar-refractivity contribution >= 4 is 6.09 Å². The van der Waals surface area contributed by atoms with Gasteiger partial charge in [-0.05, 0) is 50.8 Å². The lowest BCUT2D eigenvalue weighted by Crippen LogP contribution is -2.36. The summed E-state index contributed by atoms with van der Waals surface area (Å²) in [7, 11) is 0. The second-order valence-corrected chi connectivity index (χ2v) is 7.16. The molecule has 0 bridgehead atoms. The summed E-state index contributed by atoms with van der Waals surface area (Å²) in [5.74, 6) is 0. The van der Waals surface area contributed by atoms with Crippen LogP contribution in [0.2, 0.25) is 0 Å². The molecule has 0 aliphatic carbocycles. The average molecular weight is 324 g/mol. The Morgan fingerprint density at radius 1 is 1.21 bits per heavy atom. The number of benzene rings is 1. The van der Waals surface area contributed by atoms with Crippen molar-refractivity contribution in [2.75, 3.05) is 6.54 Å². The standard InChI is InChI=1S/C20H24N2O2/c1-20(2,3)24-19(23)22-13-7-11-18(22)17-10-5-4-9-16(17)15-8-6-12-21-14-15/h4-6,8-10,12,14,18H,7,11,13H2,1-3H3/t18-/m0/s1. The normalized spacial score (nSPS) is 17.8. The molecule has 0 unspecified atom stereocenters. The Labute approximate surface area is 143 Å². The third kappa shape index (κ3) is 3.58.